The zero-order chi connectivity index (χ0) is 19.5. The molecule has 3 aromatic rings. The molecule has 6 nitrogen and oxygen atoms in total. The van der Waals surface area contributed by atoms with Crippen LogP contribution in [0.25, 0.3) is 11.5 Å². The first-order valence-corrected chi connectivity index (χ1v) is 9.56. The summed E-state index contributed by atoms with van der Waals surface area (Å²) in [6, 6.07) is 13.9. The van der Waals surface area contributed by atoms with Crippen molar-refractivity contribution in [1.29, 1.82) is 0 Å². The highest BCUT2D eigenvalue weighted by Crippen LogP contribution is 2.29. The maximum Gasteiger partial charge on any atom is 0.221 e. The Balaban J connectivity index is 1.67. The van der Waals surface area contributed by atoms with Crippen LogP contribution >= 0.6 is 0 Å². The molecule has 1 aliphatic heterocycles. The van der Waals surface area contributed by atoms with Crippen molar-refractivity contribution in [2.24, 2.45) is 0 Å². The Hall–Kier alpha value is -3.28. The van der Waals surface area contributed by atoms with Gasteiger partial charge in [-0.1, -0.05) is 25.1 Å². The summed E-state index contributed by atoms with van der Waals surface area (Å²) in [5.41, 5.74) is 5.13. The average Bonchev–Trinajstić information content (AvgIpc) is 2.73. The van der Waals surface area contributed by atoms with Gasteiger partial charge in [-0.2, -0.15) is 0 Å². The number of rotatable bonds is 4. The van der Waals surface area contributed by atoms with Crippen LogP contribution in [0.4, 0.5) is 11.5 Å². The van der Waals surface area contributed by atoms with Gasteiger partial charge in [0.1, 0.15) is 11.5 Å². The van der Waals surface area contributed by atoms with Crippen LogP contribution in [-0.4, -0.2) is 27.4 Å². The molecule has 0 atom stereocenters. The average molecular weight is 373 g/mol. The van der Waals surface area contributed by atoms with Crippen molar-refractivity contribution < 1.29 is 4.79 Å². The molecule has 2 aromatic heterocycles. The first kappa shape index (κ1) is 18.1. The zero-order valence-corrected chi connectivity index (χ0v) is 16.1. The van der Waals surface area contributed by atoms with E-state index in [1.807, 2.05) is 30.3 Å². The van der Waals surface area contributed by atoms with Crippen LogP contribution < -0.4 is 10.2 Å². The van der Waals surface area contributed by atoms with Crippen molar-refractivity contribution in [2.45, 2.75) is 33.2 Å². The van der Waals surface area contributed by atoms with Crippen LogP contribution in [0.15, 0.2) is 48.7 Å². The molecule has 0 bridgehead atoms. The lowest BCUT2D eigenvalue weighted by atomic mass is 9.97. The van der Waals surface area contributed by atoms with E-state index in [0.29, 0.717) is 5.82 Å². The number of pyridine rings is 1. The third kappa shape index (κ3) is 3.71. The molecule has 1 N–H and O–H groups in total. The van der Waals surface area contributed by atoms with Crippen LogP contribution in [0.2, 0.25) is 0 Å². The molecule has 1 aliphatic rings. The minimum absolute atomic E-state index is 0.0424. The Morgan fingerprint density at radius 3 is 2.82 bits per heavy atom. The van der Waals surface area contributed by atoms with Crippen LogP contribution in [-0.2, 0) is 24.2 Å². The summed E-state index contributed by atoms with van der Waals surface area (Å²) in [5.74, 6) is 1.54. The van der Waals surface area contributed by atoms with Crippen LogP contribution in [0.1, 0.15) is 30.7 Å². The maximum atomic E-state index is 11.5. The predicted molar refractivity (Wildman–Crippen MR) is 110 cm³/mol. The van der Waals surface area contributed by atoms with Gasteiger partial charge in [0.25, 0.3) is 0 Å². The van der Waals surface area contributed by atoms with Crippen molar-refractivity contribution in [1.82, 2.24) is 15.0 Å². The van der Waals surface area contributed by atoms with E-state index in [1.54, 1.807) is 13.1 Å². The van der Waals surface area contributed by atoms with Gasteiger partial charge in [-0.25, -0.2) is 9.97 Å². The molecule has 1 aromatic carbocycles. The number of aromatic nitrogens is 3. The topological polar surface area (TPSA) is 71.0 Å². The Kier molecular flexibility index (Phi) is 5.02. The van der Waals surface area contributed by atoms with Gasteiger partial charge in [0.2, 0.25) is 5.91 Å². The molecule has 0 saturated carbocycles. The quantitative estimate of drug-likeness (QED) is 0.756. The van der Waals surface area contributed by atoms with E-state index < -0.39 is 0 Å². The van der Waals surface area contributed by atoms with Gasteiger partial charge in [-0.05, 0) is 42.2 Å². The molecule has 0 radical (unpaired) electrons. The molecule has 4 rings (SSSR count). The summed E-state index contributed by atoms with van der Waals surface area (Å²) in [6.07, 6.45) is 3.46. The number of carbonyl (C=O) groups excluding carboxylic acids is 1. The van der Waals surface area contributed by atoms with Gasteiger partial charge >= 0.3 is 0 Å². The molecule has 142 valence electrons. The first-order valence-electron chi connectivity index (χ1n) is 9.56. The van der Waals surface area contributed by atoms with E-state index in [4.69, 9.17) is 4.98 Å². The second-order valence-electron chi connectivity index (χ2n) is 6.91. The normalized spacial score (nSPS) is 13.1. The van der Waals surface area contributed by atoms with Gasteiger partial charge in [0.15, 0.2) is 5.82 Å². The van der Waals surface area contributed by atoms with Crippen molar-refractivity contribution in [3.05, 3.63) is 65.5 Å². The molecular weight excluding hydrogens is 350 g/mol. The number of aryl methyl sites for hydroxylation is 1. The summed E-state index contributed by atoms with van der Waals surface area (Å²) >= 11 is 0. The molecule has 28 heavy (non-hydrogen) atoms. The van der Waals surface area contributed by atoms with Crippen molar-refractivity contribution in [3.63, 3.8) is 0 Å². The Bertz CT molecular complexity index is 1000. The number of carbonyl (C=O) groups is 1. The summed E-state index contributed by atoms with van der Waals surface area (Å²) in [7, 11) is 0. The standard InChI is InChI=1S/C22H23N5O/c1-3-17-13-21(26-22(25-17)20-8-4-5-11-23-20)27-12-10-18-16(14-27)7-6-9-19(18)24-15(2)28/h4-9,11,13H,3,10,12,14H2,1-2H3,(H,24,28). The maximum absolute atomic E-state index is 11.5. The van der Waals surface area contributed by atoms with Crippen molar-refractivity contribution >= 4 is 17.4 Å². The number of benzene rings is 1. The molecule has 0 fully saturated rings. The summed E-state index contributed by atoms with van der Waals surface area (Å²) in [4.78, 5) is 27.6. The fourth-order valence-corrected chi connectivity index (χ4v) is 3.55. The SMILES string of the molecule is CCc1cc(N2CCc3c(cccc3NC(C)=O)C2)nc(-c2ccccn2)n1. The largest absolute Gasteiger partial charge is 0.352 e. The van der Waals surface area contributed by atoms with Crippen LogP contribution in [0.5, 0.6) is 0 Å². The van der Waals surface area contributed by atoms with Gasteiger partial charge < -0.3 is 10.2 Å². The van der Waals surface area contributed by atoms with Gasteiger partial charge in [-0.15, -0.1) is 0 Å². The summed E-state index contributed by atoms with van der Waals surface area (Å²) < 4.78 is 0. The lowest BCUT2D eigenvalue weighted by Crippen LogP contribution is -2.32. The van der Waals surface area contributed by atoms with Gasteiger partial charge in [-0.3, -0.25) is 9.78 Å². The number of nitrogens with one attached hydrogen (secondary N) is 1. The molecule has 3 heterocycles. The Morgan fingerprint density at radius 1 is 1.18 bits per heavy atom. The Morgan fingerprint density at radius 2 is 2.07 bits per heavy atom. The Labute approximate surface area is 164 Å². The van der Waals surface area contributed by atoms with E-state index in [9.17, 15) is 4.79 Å². The number of anilines is 2. The van der Waals surface area contributed by atoms with Gasteiger partial charge in [0, 0.05) is 43.7 Å². The lowest BCUT2D eigenvalue weighted by Gasteiger charge is -2.31. The highest BCUT2D eigenvalue weighted by atomic mass is 16.1. The van der Waals surface area contributed by atoms with Crippen molar-refractivity contribution in [3.8, 4) is 11.5 Å². The third-order valence-corrected chi connectivity index (χ3v) is 4.92. The molecule has 1 amide bonds. The van der Waals surface area contributed by atoms with Crippen LogP contribution in [0, 0.1) is 0 Å². The second kappa shape index (κ2) is 7.76. The number of fused-ring (bicyclic) bond motifs is 1. The molecule has 0 unspecified atom stereocenters. The molecule has 6 heteroatoms. The summed E-state index contributed by atoms with van der Waals surface area (Å²) in [6.45, 7) is 5.23. The third-order valence-electron chi connectivity index (χ3n) is 4.92. The fraction of sp³-hybridized carbons (Fsp3) is 0.273. The van der Waals surface area contributed by atoms with E-state index in [1.165, 1.54) is 11.1 Å². The van der Waals surface area contributed by atoms with E-state index in [2.05, 4.69) is 39.2 Å². The van der Waals surface area contributed by atoms with Crippen LogP contribution in [0.3, 0.4) is 0 Å². The minimum Gasteiger partial charge on any atom is -0.352 e. The van der Waals surface area contributed by atoms with E-state index in [0.717, 1.165) is 48.8 Å². The predicted octanol–water partition coefficient (Wildman–Crippen LogP) is 3.62. The number of hydrogen-bond acceptors (Lipinski definition) is 5. The number of nitrogens with zero attached hydrogens (tertiary/aromatic N) is 4. The molecule has 0 spiro atoms. The molecular formula is C22H23N5O. The highest BCUT2D eigenvalue weighted by molar-refractivity contribution is 5.89. The lowest BCUT2D eigenvalue weighted by molar-refractivity contribution is -0.114. The van der Waals surface area contributed by atoms with E-state index >= 15 is 0 Å². The van der Waals surface area contributed by atoms with E-state index in [-0.39, 0.29) is 5.91 Å². The van der Waals surface area contributed by atoms with Crippen molar-refractivity contribution in [2.75, 3.05) is 16.8 Å². The first-order chi connectivity index (χ1) is 13.6. The molecule has 0 aliphatic carbocycles. The smallest absolute Gasteiger partial charge is 0.221 e. The molecule has 0 saturated heterocycles. The fourth-order valence-electron chi connectivity index (χ4n) is 3.55. The second-order valence-corrected chi connectivity index (χ2v) is 6.91. The number of hydrogen-bond donors (Lipinski definition) is 1. The zero-order valence-electron chi connectivity index (χ0n) is 16.1. The number of amides is 1. The monoisotopic (exact) mass is 373 g/mol. The summed E-state index contributed by atoms with van der Waals surface area (Å²) in [5, 5.41) is 2.95. The highest BCUT2D eigenvalue weighted by Gasteiger charge is 2.21. The van der Waals surface area contributed by atoms with Gasteiger partial charge in [0.05, 0.1) is 0 Å². The minimum atomic E-state index is -0.0424.